The van der Waals surface area contributed by atoms with Gasteiger partial charge in [0.05, 0.1) is 0 Å². The Morgan fingerprint density at radius 1 is 0.548 bits per heavy atom. The predicted molar refractivity (Wildman–Crippen MR) is 169 cm³/mol. The van der Waals surface area contributed by atoms with Gasteiger partial charge in [-0.25, -0.2) is 18.3 Å². The van der Waals surface area contributed by atoms with Crippen molar-refractivity contribution in [1.82, 2.24) is 19.1 Å². The summed E-state index contributed by atoms with van der Waals surface area (Å²) in [4.78, 5) is 9.54. The van der Waals surface area contributed by atoms with Crippen molar-refractivity contribution in [3.63, 3.8) is 0 Å². The highest BCUT2D eigenvalue weighted by atomic mass is 15.1. The first-order valence-corrected chi connectivity index (χ1v) is 15.3. The molecule has 0 saturated heterocycles. The molecule has 0 fully saturated rings. The van der Waals surface area contributed by atoms with E-state index in [1.807, 2.05) is 0 Å². The highest BCUT2D eigenvalue weighted by molar-refractivity contribution is 5.52. The van der Waals surface area contributed by atoms with Gasteiger partial charge in [-0.2, -0.15) is 0 Å². The van der Waals surface area contributed by atoms with E-state index in [4.69, 9.17) is 9.97 Å². The molecular formula is C36H46N6+2. The van der Waals surface area contributed by atoms with E-state index in [-0.39, 0.29) is 0 Å². The summed E-state index contributed by atoms with van der Waals surface area (Å²) in [6.45, 7) is 19.4. The number of hydrogen-bond donors (Lipinski definition) is 0. The lowest BCUT2D eigenvalue weighted by Crippen LogP contribution is -2.36. The number of rotatable bonds is 10. The summed E-state index contributed by atoms with van der Waals surface area (Å²) in [5, 5.41) is 0. The zero-order valence-corrected chi connectivity index (χ0v) is 26.5. The van der Waals surface area contributed by atoms with Gasteiger partial charge in [0.25, 0.3) is 0 Å². The Morgan fingerprint density at radius 2 is 0.881 bits per heavy atom. The van der Waals surface area contributed by atoms with Crippen LogP contribution < -0.4 is 9.13 Å². The Balaban J connectivity index is 1.43. The molecule has 0 radical (unpaired) electrons. The highest BCUT2D eigenvalue weighted by Gasteiger charge is 2.23. The first kappa shape index (κ1) is 29.4. The minimum absolute atomic E-state index is 0.439. The van der Waals surface area contributed by atoms with Crippen molar-refractivity contribution in [3.05, 3.63) is 120 Å². The van der Waals surface area contributed by atoms with Crippen LogP contribution in [0, 0.1) is 0 Å². The van der Waals surface area contributed by atoms with Crippen LogP contribution in [0.5, 0.6) is 0 Å². The van der Waals surface area contributed by atoms with Crippen LogP contribution in [0.4, 0.5) is 0 Å². The molecule has 0 N–H and O–H groups in total. The molecule has 0 unspecified atom stereocenters. The molecule has 6 nitrogen and oxygen atoms in total. The minimum atomic E-state index is 0.439. The van der Waals surface area contributed by atoms with Gasteiger partial charge in [0.15, 0.2) is 0 Å². The molecule has 0 saturated carbocycles. The smallest absolute Gasteiger partial charge is 0.249 e. The maximum Gasteiger partial charge on any atom is 0.249 e. The Morgan fingerprint density at radius 3 is 1.19 bits per heavy atom. The number of aromatic nitrogens is 6. The van der Waals surface area contributed by atoms with E-state index in [2.05, 4.69) is 147 Å². The fraction of sp³-hybridized carbons (Fsp3) is 0.389. The van der Waals surface area contributed by atoms with Crippen LogP contribution in [0.1, 0.15) is 113 Å². The minimum Gasteiger partial charge on any atom is -0.253 e. The molecule has 0 spiro atoms. The zero-order chi connectivity index (χ0) is 30.0. The van der Waals surface area contributed by atoms with Crippen LogP contribution in [0.15, 0.2) is 86.2 Å². The third kappa shape index (κ3) is 6.08. The largest absolute Gasteiger partial charge is 0.253 e. The molecule has 0 aliphatic rings. The monoisotopic (exact) mass is 562 g/mol. The van der Waals surface area contributed by atoms with E-state index in [1.165, 1.54) is 33.6 Å². The molecule has 2 aromatic carbocycles. The van der Waals surface area contributed by atoms with Gasteiger partial charge >= 0.3 is 0 Å². The Bertz CT molecular complexity index is 1480. The molecule has 3 heterocycles. The van der Waals surface area contributed by atoms with Crippen LogP contribution in [-0.4, -0.2) is 19.1 Å². The second kappa shape index (κ2) is 12.4. The van der Waals surface area contributed by atoms with Gasteiger partial charge in [0.1, 0.15) is 60.6 Å². The first-order chi connectivity index (χ1) is 20.1. The van der Waals surface area contributed by atoms with E-state index in [0.717, 1.165) is 11.4 Å². The van der Waals surface area contributed by atoms with E-state index in [9.17, 15) is 0 Å². The van der Waals surface area contributed by atoms with Crippen molar-refractivity contribution in [2.45, 2.75) is 92.2 Å². The summed E-state index contributed by atoms with van der Waals surface area (Å²) in [6.07, 6.45) is 16.6. The standard InChI is InChI=1S/C36H46N6/c1-25(2)29-11-9-12-30(26(3)4)35(29)41-19-17-39(23-41)21-33-34(38-16-15-37-33)22-40-18-20-42(24-40)36-31(27(5)6)13-10-14-32(36)28(7)8/h9-20,23-28H,21-22H2,1-8H3/q+2. The Hall–Kier alpha value is -4.06. The topological polar surface area (TPSA) is 43.4 Å². The van der Waals surface area contributed by atoms with Gasteiger partial charge in [-0.1, -0.05) is 91.8 Å². The molecule has 6 heteroatoms. The summed E-state index contributed by atoms with van der Waals surface area (Å²) in [5.74, 6) is 1.76. The van der Waals surface area contributed by atoms with Gasteiger partial charge in [0.2, 0.25) is 12.7 Å². The third-order valence-corrected chi connectivity index (χ3v) is 8.11. The summed E-state index contributed by atoms with van der Waals surface area (Å²) in [5.41, 5.74) is 10.0. The molecule has 0 atom stereocenters. The van der Waals surface area contributed by atoms with E-state index < -0.39 is 0 Å². The molecule has 5 aromatic rings. The SMILES string of the molecule is CC(C)c1cccc(C(C)C)c1-n1cc[n+](Cc2nccnc2C[n+]2ccn(-c3c(C(C)C)cccc3C(C)C)c2)c1. The van der Waals surface area contributed by atoms with Gasteiger partial charge in [0, 0.05) is 34.6 Å². The van der Waals surface area contributed by atoms with Crippen molar-refractivity contribution in [3.8, 4) is 11.4 Å². The number of hydrogen-bond acceptors (Lipinski definition) is 2. The molecule has 42 heavy (non-hydrogen) atoms. The van der Waals surface area contributed by atoms with Crippen LogP contribution in [0.25, 0.3) is 11.4 Å². The molecule has 0 amide bonds. The van der Waals surface area contributed by atoms with Crippen molar-refractivity contribution in [2.75, 3.05) is 0 Å². The quantitative estimate of drug-likeness (QED) is 0.169. The molecule has 5 rings (SSSR count). The normalized spacial score (nSPS) is 11.9. The molecule has 3 aromatic heterocycles. The fourth-order valence-electron chi connectivity index (χ4n) is 5.87. The van der Waals surface area contributed by atoms with Gasteiger partial charge in [-0.15, -0.1) is 0 Å². The summed E-state index contributed by atoms with van der Waals surface area (Å²) < 4.78 is 8.96. The van der Waals surface area contributed by atoms with Gasteiger partial charge in [-0.3, -0.25) is 9.97 Å². The van der Waals surface area contributed by atoms with E-state index in [0.29, 0.717) is 36.8 Å². The maximum absolute atomic E-state index is 4.77. The third-order valence-electron chi connectivity index (χ3n) is 8.11. The van der Waals surface area contributed by atoms with Gasteiger partial charge < -0.3 is 0 Å². The molecule has 0 aliphatic heterocycles. The predicted octanol–water partition coefficient (Wildman–Crippen LogP) is 7.22. The summed E-state index contributed by atoms with van der Waals surface area (Å²) in [7, 11) is 0. The summed E-state index contributed by atoms with van der Waals surface area (Å²) >= 11 is 0. The van der Waals surface area contributed by atoms with Crippen molar-refractivity contribution >= 4 is 0 Å². The van der Waals surface area contributed by atoms with E-state index >= 15 is 0 Å². The average Bonchev–Trinajstić information content (AvgIpc) is 3.62. The van der Waals surface area contributed by atoms with Crippen LogP contribution in [-0.2, 0) is 13.1 Å². The van der Waals surface area contributed by atoms with E-state index in [1.54, 1.807) is 12.4 Å². The lowest BCUT2D eigenvalue weighted by atomic mass is 9.92. The van der Waals surface area contributed by atoms with Crippen LogP contribution in [0.3, 0.4) is 0 Å². The average molecular weight is 563 g/mol. The molecule has 218 valence electrons. The lowest BCUT2D eigenvalue weighted by molar-refractivity contribution is -0.693. The number of nitrogens with zero attached hydrogens (tertiary/aromatic N) is 6. The Kier molecular flexibility index (Phi) is 8.72. The number of para-hydroxylation sites is 2. The lowest BCUT2D eigenvalue weighted by Gasteiger charge is -2.16. The van der Waals surface area contributed by atoms with Crippen molar-refractivity contribution in [2.24, 2.45) is 0 Å². The number of benzene rings is 2. The zero-order valence-electron chi connectivity index (χ0n) is 26.5. The summed E-state index contributed by atoms with van der Waals surface area (Å²) in [6, 6.07) is 13.4. The number of imidazole rings is 2. The molecule has 0 aliphatic carbocycles. The maximum atomic E-state index is 4.77. The molecular weight excluding hydrogens is 516 g/mol. The van der Waals surface area contributed by atoms with Crippen LogP contribution >= 0.6 is 0 Å². The second-order valence-electron chi connectivity index (χ2n) is 12.6. The highest BCUT2D eigenvalue weighted by Crippen LogP contribution is 2.32. The fourth-order valence-corrected chi connectivity index (χ4v) is 5.87. The first-order valence-electron chi connectivity index (χ1n) is 15.3. The molecule has 0 bridgehead atoms. The van der Waals surface area contributed by atoms with Crippen molar-refractivity contribution < 1.29 is 9.13 Å². The van der Waals surface area contributed by atoms with Gasteiger partial charge in [-0.05, 0) is 23.7 Å². The Labute approximate surface area is 251 Å². The van der Waals surface area contributed by atoms with Crippen LogP contribution in [0.2, 0.25) is 0 Å². The second-order valence-corrected chi connectivity index (χ2v) is 12.6. The van der Waals surface area contributed by atoms with Crippen molar-refractivity contribution in [1.29, 1.82) is 0 Å².